The minimum absolute atomic E-state index is 0.220. The van der Waals surface area contributed by atoms with Gasteiger partial charge in [0, 0.05) is 18.1 Å². The molecule has 3 heteroatoms. The lowest BCUT2D eigenvalue weighted by Crippen LogP contribution is -2.30. The number of nitrogens with two attached hydrogens (primary N) is 1. The summed E-state index contributed by atoms with van der Waals surface area (Å²) in [4.78, 5) is 3.44. The van der Waals surface area contributed by atoms with Crippen LogP contribution >= 0.6 is 0 Å². The maximum absolute atomic E-state index is 13.5. The fraction of sp³-hybridized carbons (Fsp3) is 0.389. The molecule has 2 unspecified atom stereocenters. The lowest BCUT2D eigenvalue weighted by atomic mass is 9.70. The number of H-pyrrole nitrogens is 1. The smallest absolute Gasteiger partial charge is 0.216 e. The predicted molar refractivity (Wildman–Crippen MR) is 82.4 cm³/mol. The molecule has 2 nitrogen and oxygen atoms in total. The summed E-state index contributed by atoms with van der Waals surface area (Å²) in [6.07, 6.45) is 6.88. The van der Waals surface area contributed by atoms with E-state index in [0.717, 1.165) is 35.9 Å². The van der Waals surface area contributed by atoms with Gasteiger partial charge in [0.05, 0.1) is 11.1 Å². The van der Waals surface area contributed by atoms with Crippen molar-refractivity contribution < 1.29 is 9.37 Å². The number of benzene rings is 1. The van der Waals surface area contributed by atoms with Gasteiger partial charge in [0.15, 0.2) is 5.69 Å². The van der Waals surface area contributed by atoms with Gasteiger partial charge < -0.3 is 5.73 Å². The Labute approximate surface area is 123 Å². The zero-order valence-electron chi connectivity index (χ0n) is 12.2. The van der Waals surface area contributed by atoms with E-state index in [4.69, 9.17) is 5.73 Å². The van der Waals surface area contributed by atoms with Crippen molar-refractivity contribution >= 4 is 16.6 Å². The van der Waals surface area contributed by atoms with E-state index in [2.05, 4.69) is 18.0 Å². The van der Waals surface area contributed by atoms with Crippen LogP contribution in [0, 0.1) is 11.7 Å². The van der Waals surface area contributed by atoms with Crippen LogP contribution < -0.4 is 10.7 Å². The Kier molecular flexibility index (Phi) is 2.78. The molecule has 1 heterocycles. The number of aromatic nitrogens is 1. The molecule has 0 saturated heterocycles. The van der Waals surface area contributed by atoms with Crippen LogP contribution in [0.15, 0.2) is 29.8 Å². The molecule has 21 heavy (non-hydrogen) atoms. The van der Waals surface area contributed by atoms with Crippen molar-refractivity contribution in [3.05, 3.63) is 46.9 Å². The van der Waals surface area contributed by atoms with Crippen molar-refractivity contribution in [2.45, 2.75) is 38.5 Å². The van der Waals surface area contributed by atoms with Crippen molar-refractivity contribution in [3.63, 3.8) is 0 Å². The molecule has 3 N–H and O–H groups in total. The summed E-state index contributed by atoms with van der Waals surface area (Å²) in [7, 11) is 0. The number of hydrogen-bond donors (Lipinski definition) is 1. The second-order valence-electron chi connectivity index (χ2n) is 6.40. The van der Waals surface area contributed by atoms with E-state index in [1.807, 2.05) is 0 Å². The summed E-state index contributed by atoms with van der Waals surface area (Å²) in [5, 5.41) is 0.946. The minimum atomic E-state index is -0.220. The summed E-state index contributed by atoms with van der Waals surface area (Å²) in [5.74, 6) is 0.902. The molecule has 0 radical (unpaired) electrons. The standard InChI is InChI=1S/C18H19FN2/c1-2-10-5-11-7-12(6-10)17-16(8-11)21-15-9-13(19)3-4-14(15)18(17)20/h3-5,9,11-12H,2,6-8H2,1H3,(H2,20,21)/p+1. The molecule has 0 saturated carbocycles. The number of anilines is 1. The van der Waals surface area contributed by atoms with E-state index in [-0.39, 0.29) is 5.82 Å². The van der Waals surface area contributed by atoms with E-state index >= 15 is 0 Å². The number of pyridine rings is 1. The van der Waals surface area contributed by atoms with Gasteiger partial charge in [-0.25, -0.2) is 9.37 Å². The minimum Gasteiger partial charge on any atom is -0.398 e. The third kappa shape index (κ3) is 1.95. The number of rotatable bonds is 1. The van der Waals surface area contributed by atoms with Crippen LogP contribution in [0.4, 0.5) is 10.1 Å². The van der Waals surface area contributed by atoms with Gasteiger partial charge in [0.1, 0.15) is 5.82 Å². The van der Waals surface area contributed by atoms with Crippen molar-refractivity contribution in [2.75, 3.05) is 5.73 Å². The summed E-state index contributed by atoms with van der Waals surface area (Å²) in [6.45, 7) is 2.23. The first-order chi connectivity index (χ1) is 10.2. The fourth-order valence-electron chi connectivity index (χ4n) is 4.14. The van der Waals surface area contributed by atoms with Gasteiger partial charge in [-0.15, -0.1) is 0 Å². The topological polar surface area (TPSA) is 40.2 Å². The van der Waals surface area contributed by atoms with Crippen LogP contribution in [-0.4, -0.2) is 0 Å². The molecule has 0 spiro atoms. The number of fused-ring (bicyclic) bond motifs is 5. The Balaban J connectivity index is 1.92. The second-order valence-corrected chi connectivity index (χ2v) is 6.40. The summed E-state index contributed by atoms with van der Waals surface area (Å²) < 4.78 is 13.5. The maximum Gasteiger partial charge on any atom is 0.216 e. The average Bonchev–Trinajstić information content (AvgIpc) is 2.46. The molecule has 2 atom stereocenters. The van der Waals surface area contributed by atoms with E-state index in [1.54, 1.807) is 17.7 Å². The predicted octanol–water partition coefficient (Wildman–Crippen LogP) is 3.76. The number of allylic oxidation sites excluding steroid dienone is 2. The van der Waals surface area contributed by atoms with E-state index in [9.17, 15) is 4.39 Å². The van der Waals surface area contributed by atoms with Crippen molar-refractivity contribution in [1.82, 2.24) is 0 Å². The van der Waals surface area contributed by atoms with Crippen LogP contribution in [0.1, 0.15) is 43.4 Å². The summed E-state index contributed by atoms with van der Waals surface area (Å²) >= 11 is 0. The number of nitrogens with one attached hydrogen (secondary N) is 1. The van der Waals surface area contributed by atoms with Crippen LogP contribution in [0.5, 0.6) is 0 Å². The lowest BCUT2D eigenvalue weighted by molar-refractivity contribution is -0.360. The van der Waals surface area contributed by atoms with E-state index < -0.39 is 0 Å². The first-order valence-electron chi connectivity index (χ1n) is 7.78. The highest BCUT2D eigenvalue weighted by molar-refractivity contribution is 5.90. The van der Waals surface area contributed by atoms with Gasteiger partial charge in [-0.2, -0.15) is 0 Å². The van der Waals surface area contributed by atoms with Gasteiger partial charge in [-0.3, -0.25) is 0 Å². The molecule has 108 valence electrons. The summed E-state index contributed by atoms with van der Waals surface area (Å²) in [5.41, 5.74) is 12.2. The number of aromatic amines is 1. The Hall–Kier alpha value is -1.90. The molecule has 1 aromatic heterocycles. The van der Waals surface area contributed by atoms with Gasteiger partial charge in [-0.05, 0) is 43.2 Å². The highest BCUT2D eigenvalue weighted by Crippen LogP contribution is 2.46. The van der Waals surface area contributed by atoms with Gasteiger partial charge in [0.25, 0.3) is 0 Å². The highest BCUT2D eigenvalue weighted by atomic mass is 19.1. The Morgan fingerprint density at radius 2 is 2.19 bits per heavy atom. The van der Waals surface area contributed by atoms with Gasteiger partial charge in [0.2, 0.25) is 5.52 Å². The maximum atomic E-state index is 13.5. The molecule has 1 aromatic carbocycles. The van der Waals surface area contributed by atoms with E-state index in [1.165, 1.54) is 23.7 Å². The number of hydrogen-bond acceptors (Lipinski definition) is 1. The van der Waals surface area contributed by atoms with Gasteiger partial charge in [-0.1, -0.05) is 18.6 Å². The first-order valence-corrected chi connectivity index (χ1v) is 7.78. The van der Waals surface area contributed by atoms with Crippen LogP contribution in [0.25, 0.3) is 10.9 Å². The molecule has 4 rings (SSSR count). The molecule has 2 bridgehead atoms. The quantitative estimate of drug-likeness (QED) is 0.795. The van der Waals surface area contributed by atoms with Crippen LogP contribution in [0.3, 0.4) is 0 Å². The zero-order chi connectivity index (χ0) is 14.6. The number of halogens is 1. The zero-order valence-corrected chi connectivity index (χ0v) is 12.2. The van der Waals surface area contributed by atoms with Crippen LogP contribution in [-0.2, 0) is 6.42 Å². The van der Waals surface area contributed by atoms with Crippen LogP contribution in [0.2, 0.25) is 0 Å². The highest BCUT2D eigenvalue weighted by Gasteiger charge is 2.36. The number of nitrogen functional groups attached to an aromatic ring is 1. The Morgan fingerprint density at radius 1 is 1.33 bits per heavy atom. The molecule has 0 amide bonds. The molecule has 0 aliphatic heterocycles. The van der Waals surface area contributed by atoms with E-state index in [0.29, 0.717) is 11.8 Å². The molecule has 0 fully saturated rings. The Morgan fingerprint density at radius 3 is 3.00 bits per heavy atom. The summed E-state index contributed by atoms with van der Waals surface area (Å²) in [6, 6.07) is 4.83. The third-order valence-electron chi connectivity index (χ3n) is 5.07. The monoisotopic (exact) mass is 283 g/mol. The normalized spacial score (nSPS) is 23.8. The lowest BCUT2D eigenvalue weighted by Gasteiger charge is -2.33. The van der Waals surface area contributed by atoms with Crippen molar-refractivity contribution in [1.29, 1.82) is 0 Å². The molecular formula is C18H20FN2+. The average molecular weight is 283 g/mol. The second kappa shape index (κ2) is 4.55. The fourth-order valence-corrected chi connectivity index (χ4v) is 4.14. The van der Waals surface area contributed by atoms with Crippen molar-refractivity contribution in [2.24, 2.45) is 5.92 Å². The SMILES string of the molecule is CCC1=CC2Cc3[nH+]c4cc(F)ccc4c(N)c3C(C1)C2. The molecule has 2 aliphatic rings. The molecular weight excluding hydrogens is 263 g/mol. The molecule has 2 aromatic rings. The molecule has 2 aliphatic carbocycles. The van der Waals surface area contributed by atoms with Gasteiger partial charge >= 0.3 is 0 Å². The third-order valence-corrected chi connectivity index (χ3v) is 5.07. The van der Waals surface area contributed by atoms with Crippen molar-refractivity contribution in [3.8, 4) is 0 Å². The first kappa shape index (κ1) is 12.8. The largest absolute Gasteiger partial charge is 0.398 e. The Bertz CT molecular complexity index is 763.